The van der Waals surface area contributed by atoms with Gasteiger partial charge in [-0.2, -0.15) is 18.2 Å². The molecular formula is C9H13F3N2O3. The van der Waals surface area contributed by atoms with E-state index in [1.54, 1.807) is 6.92 Å². The van der Waals surface area contributed by atoms with Crippen molar-refractivity contribution in [1.82, 2.24) is 10.1 Å². The van der Waals surface area contributed by atoms with Crippen LogP contribution in [0.25, 0.3) is 0 Å². The van der Waals surface area contributed by atoms with E-state index in [0.29, 0.717) is 0 Å². The number of alkyl halides is 3. The van der Waals surface area contributed by atoms with E-state index in [2.05, 4.69) is 14.7 Å². The van der Waals surface area contributed by atoms with E-state index in [0.717, 1.165) is 6.92 Å². The summed E-state index contributed by atoms with van der Waals surface area (Å²) in [5.74, 6) is -1.45. The second-order valence-electron chi connectivity index (χ2n) is 3.64. The lowest BCUT2D eigenvalue weighted by Crippen LogP contribution is -2.33. The number of nitrogens with zero attached hydrogens (tertiary/aromatic N) is 2. The molecule has 3 unspecified atom stereocenters. The number of ether oxygens (including phenoxy) is 1. The lowest BCUT2D eigenvalue weighted by molar-refractivity contribution is -0.210. The molecule has 0 fully saturated rings. The van der Waals surface area contributed by atoms with Gasteiger partial charge in [0.2, 0.25) is 5.89 Å². The standard InChI is InChI=1S/C9H13F3N2O3/c1-4(6(15)9(10,11)12)8-13-7(14-17-8)5(2)16-3/h4-6,15H,1-3H3. The summed E-state index contributed by atoms with van der Waals surface area (Å²) in [4.78, 5) is 3.75. The molecule has 17 heavy (non-hydrogen) atoms. The molecule has 3 atom stereocenters. The molecule has 0 aliphatic rings. The molecule has 1 aromatic rings. The van der Waals surface area contributed by atoms with Gasteiger partial charge in [-0.3, -0.25) is 0 Å². The summed E-state index contributed by atoms with van der Waals surface area (Å²) >= 11 is 0. The van der Waals surface area contributed by atoms with E-state index in [1.165, 1.54) is 7.11 Å². The van der Waals surface area contributed by atoms with Crippen LogP contribution in [0, 0.1) is 0 Å². The van der Waals surface area contributed by atoms with Gasteiger partial charge >= 0.3 is 6.18 Å². The van der Waals surface area contributed by atoms with Crippen LogP contribution in [-0.2, 0) is 4.74 Å². The van der Waals surface area contributed by atoms with Gasteiger partial charge in [-0.15, -0.1) is 0 Å². The lowest BCUT2D eigenvalue weighted by Gasteiger charge is -2.18. The van der Waals surface area contributed by atoms with Crippen LogP contribution in [0.4, 0.5) is 13.2 Å². The topological polar surface area (TPSA) is 68.4 Å². The maximum Gasteiger partial charge on any atom is 0.415 e. The van der Waals surface area contributed by atoms with Gasteiger partial charge in [0.15, 0.2) is 11.9 Å². The monoisotopic (exact) mass is 254 g/mol. The van der Waals surface area contributed by atoms with Crippen molar-refractivity contribution in [2.24, 2.45) is 0 Å². The molecule has 0 bridgehead atoms. The average Bonchev–Trinajstić information content (AvgIpc) is 2.73. The Hall–Kier alpha value is -1.15. The Labute approximate surface area is 95.6 Å². The minimum atomic E-state index is -4.72. The fourth-order valence-electron chi connectivity index (χ4n) is 1.12. The van der Waals surface area contributed by atoms with Crippen molar-refractivity contribution < 1.29 is 27.5 Å². The highest BCUT2D eigenvalue weighted by atomic mass is 19.4. The highest BCUT2D eigenvalue weighted by Gasteiger charge is 2.44. The third kappa shape index (κ3) is 3.16. The normalized spacial score (nSPS) is 17.8. The number of aliphatic hydroxyl groups excluding tert-OH is 1. The average molecular weight is 254 g/mol. The molecule has 8 heteroatoms. The van der Waals surface area contributed by atoms with Crippen molar-refractivity contribution >= 4 is 0 Å². The second kappa shape index (κ2) is 5.01. The summed E-state index contributed by atoms with van der Waals surface area (Å²) in [6, 6.07) is 0. The molecule has 0 radical (unpaired) electrons. The maximum absolute atomic E-state index is 12.3. The number of hydrogen-bond donors (Lipinski definition) is 1. The van der Waals surface area contributed by atoms with Gasteiger partial charge in [-0.1, -0.05) is 12.1 Å². The van der Waals surface area contributed by atoms with Crippen LogP contribution >= 0.6 is 0 Å². The molecule has 1 aromatic heterocycles. The van der Waals surface area contributed by atoms with Crippen LogP contribution in [0.2, 0.25) is 0 Å². The Kier molecular flexibility index (Phi) is 4.10. The largest absolute Gasteiger partial charge is 0.415 e. The molecule has 5 nitrogen and oxygen atoms in total. The van der Waals surface area contributed by atoms with Crippen LogP contribution in [0.5, 0.6) is 0 Å². The molecule has 1 N–H and O–H groups in total. The number of aromatic nitrogens is 2. The molecule has 0 saturated carbocycles. The summed E-state index contributed by atoms with van der Waals surface area (Å²) in [5, 5.41) is 12.5. The van der Waals surface area contributed by atoms with E-state index in [9.17, 15) is 13.2 Å². The highest BCUT2D eigenvalue weighted by molar-refractivity contribution is 4.98. The van der Waals surface area contributed by atoms with Crippen molar-refractivity contribution in [3.8, 4) is 0 Å². The van der Waals surface area contributed by atoms with Crippen molar-refractivity contribution in [2.75, 3.05) is 7.11 Å². The zero-order chi connectivity index (χ0) is 13.2. The third-order valence-electron chi connectivity index (χ3n) is 2.37. The number of aliphatic hydroxyl groups is 1. The van der Waals surface area contributed by atoms with Gasteiger partial charge in [0.05, 0.1) is 5.92 Å². The van der Waals surface area contributed by atoms with Crippen LogP contribution in [0.15, 0.2) is 4.52 Å². The SMILES string of the molecule is COC(C)c1noc(C(C)C(O)C(F)(F)F)n1. The summed E-state index contributed by atoms with van der Waals surface area (Å²) in [7, 11) is 1.41. The fourth-order valence-corrected chi connectivity index (χ4v) is 1.12. The minimum absolute atomic E-state index is 0.142. The maximum atomic E-state index is 12.3. The molecule has 0 saturated heterocycles. The Morgan fingerprint density at radius 1 is 1.35 bits per heavy atom. The zero-order valence-corrected chi connectivity index (χ0v) is 9.52. The summed E-state index contributed by atoms with van der Waals surface area (Å²) < 4.78 is 46.3. The Balaban J connectivity index is 2.83. The van der Waals surface area contributed by atoms with Gasteiger partial charge in [-0.25, -0.2) is 0 Å². The highest BCUT2D eigenvalue weighted by Crippen LogP contribution is 2.31. The van der Waals surface area contributed by atoms with E-state index >= 15 is 0 Å². The van der Waals surface area contributed by atoms with E-state index in [4.69, 9.17) is 9.84 Å². The molecule has 1 heterocycles. The summed E-state index contributed by atoms with van der Waals surface area (Å²) in [6.45, 7) is 2.78. The first-order chi connectivity index (χ1) is 7.77. The smallest absolute Gasteiger partial charge is 0.383 e. The molecule has 0 aromatic carbocycles. The first kappa shape index (κ1) is 13.9. The lowest BCUT2D eigenvalue weighted by atomic mass is 10.0. The molecule has 1 rings (SSSR count). The first-order valence-electron chi connectivity index (χ1n) is 4.88. The van der Waals surface area contributed by atoms with Gasteiger partial charge in [0.25, 0.3) is 0 Å². The number of methoxy groups -OCH3 is 1. The summed E-state index contributed by atoms with van der Waals surface area (Å²) in [6.07, 6.45) is -7.74. The second-order valence-corrected chi connectivity index (χ2v) is 3.64. The number of halogens is 3. The Bertz CT molecular complexity index is 367. The molecule has 0 spiro atoms. The molecular weight excluding hydrogens is 241 g/mol. The number of rotatable bonds is 4. The first-order valence-corrected chi connectivity index (χ1v) is 4.88. The van der Waals surface area contributed by atoms with Gasteiger partial charge < -0.3 is 14.4 Å². The number of hydrogen-bond acceptors (Lipinski definition) is 5. The molecule has 0 amide bonds. The van der Waals surface area contributed by atoms with Crippen LogP contribution in [0.3, 0.4) is 0 Å². The van der Waals surface area contributed by atoms with Crippen molar-refractivity contribution in [3.05, 3.63) is 11.7 Å². The molecule has 0 aliphatic carbocycles. The van der Waals surface area contributed by atoms with Crippen LogP contribution < -0.4 is 0 Å². The summed E-state index contributed by atoms with van der Waals surface area (Å²) in [5.41, 5.74) is 0. The van der Waals surface area contributed by atoms with E-state index in [1.807, 2.05) is 0 Å². The van der Waals surface area contributed by atoms with Crippen molar-refractivity contribution in [3.63, 3.8) is 0 Å². The molecule has 98 valence electrons. The zero-order valence-electron chi connectivity index (χ0n) is 9.52. The van der Waals surface area contributed by atoms with Crippen molar-refractivity contribution in [2.45, 2.75) is 38.1 Å². The Morgan fingerprint density at radius 3 is 2.41 bits per heavy atom. The predicted octanol–water partition coefficient (Wildman–Crippen LogP) is 1.80. The van der Waals surface area contributed by atoms with Gasteiger partial charge in [0, 0.05) is 7.11 Å². The van der Waals surface area contributed by atoms with Crippen LogP contribution in [-0.4, -0.2) is 34.6 Å². The third-order valence-corrected chi connectivity index (χ3v) is 2.37. The fraction of sp³-hybridized carbons (Fsp3) is 0.778. The van der Waals surface area contributed by atoms with E-state index in [-0.39, 0.29) is 11.7 Å². The minimum Gasteiger partial charge on any atom is -0.383 e. The quantitative estimate of drug-likeness (QED) is 0.887. The van der Waals surface area contributed by atoms with Gasteiger partial charge in [-0.05, 0) is 6.92 Å². The van der Waals surface area contributed by atoms with Crippen molar-refractivity contribution in [1.29, 1.82) is 0 Å². The van der Waals surface area contributed by atoms with E-state index < -0.39 is 24.3 Å². The Morgan fingerprint density at radius 2 is 1.94 bits per heavy atom. The van der Waals surface area contributed by atoms with Crippen LogP contribution in [0.1, 0.15) is 37.6 Å². The molecule has 0 aliphatic heterocycles. The predicted molar refractivity (Wildman–Crippen MR) is 50.2 cm³/mol. The van der Waals surface area contributed by atoms with Gasteiger partial charge in [0.1, 0.15) is 6.10 Å².